The molecule has 0 fully saturated rings. The van der Waals surface area contributed by atoms with Crippen LogP contribution in [-0.2, 0) is 14.9 Å². The van der Waals surface area contributed by atoms with Crippen LogP contribution >= 0.6 is 0 Å². The van der Waals surface area contributed by atoms with Crippen LogP contribution in [0.15, 0.2) is 78.0 Å². The fourth-order valence-electron chi connectivity index (χ4n) is 5.49. The maximum absolute atomic E-state index is 13.2. The Kier molecular flexibility index (Phi) is 13.7. The number of hydrogen-bond acceptors (Lipinski definition) is 9. The summed E-state index contributed by atoms with van der Waals surface area (Å²) in [5.41, 5.74) is 7.36. The lowest BCUT2D eigenvalue weighted by atomic mass is 10.0. The molecular formula is C34H45N7O6S. The highest BCUT2D eigenvalue weighted by atomic mass is 32.2. The zero-order valence-electron chi connectivity index (χ0n) is 27.3. The molecule has 1 unspecified atom stereocenters. The molecule has 0 aliphatic heterocycles. The molecule has 0 spiro atoms. The van der Waals surface area contributed by atoms with Crippen LogP contribution in [-0.4, -0.2) is 28.9 Å². The number of non-ortho nitro benzene ring substituents is 1. The molecular weight excluding hydrogens is 634 g/mol. The lowest BCUT2D eigenvalue weighted by molar-refractivity contribution is -0.384. The Bertz CT molecular complexity index is 1740. The number of unbranched alkanes of at least 4 members (excludes halogenated alkanes) is 10. The minimum Gasteiger partial charge on any atom is -0.297 e. The Morgan fingerprint density at radius 1 is 0.917 bits per heavy atom. The third-order valence-corrected chi connectivity index (χ3v) is 9.56. The normalized spacial score (nSPS) is 12.1. The van der Waals surface area contributed by atoms with Crippen molar-refractivity contribution in [1.29, 1.82) is 0 Å². The van der Waals surface area contributed by atoms with Crippen LogP contribution in [0.2, 0.25) is 0 Å². The second-order valence-corrected chi connectivity index (χ2v) is 13.5. The standard InChI is InChI=1S/C34H45N7O6S/c1-2-3-4-5-6-7-8-9-10-11-12-16-33(47-35)26-14-13-15-30(23-26)48(45,46)39-28-19-17-27(18-20-28)37-38-34(42)40-25-36-31-24-29(41(43)44)21-22-32(31)40/h13-15,17-25,33,37,39H,2-12,16,35H2,1H3,(H,38,42). The van der Waals surface area contributed by atoms with E-state index in [-0.39, 0.29) is 10.6 Å². The first-order valence-electron chi connectivity index (χ1n) is 16.5. The molecule has 0 aliphatic rings. The number of nitro groups is 1. The smallest absolute Gasteiger partial charge is 0.297 e. The molecule has 0 radical (unpaired) electrons. The lowest BCUT2D eigenvalue weighted by Crippen LogP contribution is -2.32. The van der Waals surface area contributed by atoms with E-state index in [9.17, 15) is 23.3 Å². The van der Waals surface area contributed by atoms with Crippen molar-refractivity contribution in [3.63, 3.8) is 0 Å². The fraction of sp³-hybridized carbons (Fsp3) is 0.412. The number of nitro benzene ring substituents is 1. The van der Waals surface area contributed by atoms with Gasteiger partial charge in [-0.3, -0.25) is 30.5 Å². The number of fused-ring (bicyclic) bond motifs is 1. The van der Waals surface area contributed by atoms with Crippen LogP contribution in [0.1, 0.15) is 95.6 Å². The highest BCUT2D eigenvalue weighted by molar-refractivity contribution is 7.92. The van der Waals surface area contributed by atoms with E-state index in [1.165, 1.54) is 92.9 Å². The van der Waals surface area contributed by atoms with E-state index in [2.05, 4.69) is 27.5 Å². The molecule has 3 aromatic carbocycles. The topological polar surface area (TPSA) is 184 Å². The number of imidazole rings is 1. The molecule has 14 heteroatoms. The largest absolute Gasteiger partial charge is 0.345 e. The average molecular weight is 680 g/mol. The van der Waals surface area contributed by atoms with Gasteiger partial charge >= 0.3 is 6.03 Å². The fourth-order valence-corrected chi connectivity index (χ4v) is 6.60. The van der Waals surface area contributed by atoms with Crippen molar-refractivity contribution < 1.29 is 23.0 Å². The number of hydrogen-bond donors (Lipinski definition) is 4. The highest BCUT2D eigenvalue weighted by Crippen LogP contribution is 2.27. The first-order chi connectivity index (χ1) is 23.2. The van der Waals surface area contributed by atoms with Gasteiger partial charge in [-0.25, -0.2) is 28.7 Å². The van der Waals surface area contributed by atoms with Gasteiger partial charge in [-0.15, -0.1) is 0 Å². The number of benzene rings is 3. The second kappa shape index (κ2) is 18.1. The van der Waals surface area contributed by atoms with Gasteiger partial charge in [0.25, 0.3) is 15.7 Å². The molecule has 1 amide bonds. The van der Waals surface area contributed by atoms with Gasteiger partial charge in [0.1, 0.15) is 12.4 Å². The molecule has 1 heterocycles. The quantitative estimate of drug-likeness (QED) is 0.0409. The highest BCUT2D eigenvalue weighted by Gasteiger charge is 2.19. The van der Waals surface area contributed by atoms with Crippen LogP contribution in [0, 0.1) is 10.1 Å². The van der Waals surface area contributed by atoms with E-state index in [0.717, 1.165) is 12.8 Å². The van der Waals surface area contributed by atoms with Gasteiger partial charge in [0.2, 0.25) is 0 Å². The van der Waals surface area contributed by atoms with Gasteiger partial charge in [0.05, 0.1) is 26.5 Å². The molecule has 0 saturated carbocycles. The van der Waals surface area contributed by atoms with Gasteiger partial charge < -0.3 is 0 Å². The molecule has 0 bridgehead atoms. The van der Waals surface area contributed by atoms with Gasteiger partial charge in [0.15, 0.2) is 0 Å². The van der Waals surface area contributed by atoms with Crippen molar-refractivity contribution in [2.24, 2.45) is 5.90 Å². The Morgan fingerprint density at radius 2 is 1.56 bits per heavy atom. The molecule has 0 aliphatic carbocycles. The number of carbonyl (C=O) groups excluding carboxylic acids is 1. The van der Waals surface area contributed by atoms with Gasteiger partial charge in [-0.1, -0.05) is 89.7 Å². The van der Waals surface area contributed by atoms with Gasteiger partial charge in [-0.2, -0.15) is 0 Å². The number of aromatic nitrogens is 2. The van der Waals surface area contributed by atoms with Crippen molar-refractivity contribution in [3.05, 3.63) is 88.7 Å². The summed E-state index contributed by atoms with van der Waals surface area (Å²) in [6.45, 7) is 2.24. The van der Waals surface area contributed by atoms with Crippen LogP contribution in [0.3, 0.4) is 0 Å². The summed E-state index contributed by atoms with van der Waals surface area (Å²) in [6.07, 6.45) is 15.2. The zero-order chi connectivity index (χ0) is 34.4. The van der Waals surface area contributed by atoms with Crippen molar-refractivity contribution in [2.45, 2.75) is 95.0 Å². The minimum absolute atomic E-state index is 0.0911. The van der Waals surface area contributed by atoms with Crippen LogP contribution in [0.5, 0.6) is 0 Å². The van der Waals surface area contributed by atoms with E-state index in [1.807, 2.05) is 6.07 Å². The number of nitrogens with one attached hydrogen (secondary N) is 3. The molecule has 48 heavy (non-hydrogen) atoms. The number of hydrazine groups is 1. The molecule has 1 aromatic heterocycles. The lowest BCUT2D eigenvalue weighted by Gasteiger charge is -2.16. The SMILES string of the molecule is CCCCCCCCCCCCCC(ON)c1cccc(S(=O)(=O)Nc2ccc(NNC(=O)n3cnc4cc([N+](=O)[O-])ccc43)cc2)c1. The van der Waals surface area contributed by atoms with Crippen LogP contribution in [0.4, 0.5) is 21.9 Å². The Labute approximate surface area is 281 Å². The Balaban J connectivity index is 1.24. The van der Waals surface area contributed by atoms with E-state index in [1.54, 1.807) is 36.4 Å². The van der Waals surface area contributed by atoms with E-state index >= 15 is 0 Å². The zero-order valence-corrected chi connectivity index (χ0v) is 28.1. The third kappa shape index (κ3) is 10.5. The molecule has 0 saturated heterocycles. The summed E-state index contributed by atoms with van der Waals surface area (Å²) in [6, 6.07) is 16.3. The monoisotopic (exact) mass is 679 g/mol. The summed E-state index contributed by atoms with van der Waals surface area (Å²) in [4.78, 5) is 32.5. The maximum Gasteiger partial charge on any atom is 0.345 e. The summed E-state index contributed by atoms with van der Waals surface area (Å²) in [5, 5.41) is 11.0. The number of sulfonamides is 1. The Morgan fingerprint density at radius 3 is 2.21 bits per heavy atom. The summed E-state index contributed by atoms with van der Waals surface area (Å²) >= 11 is 0. The van der Waals surface area contributed by atoms with Crippen molar-refractivity contribution in [2.75, 3.05) is 10.1 Å². The minimum atomic E-state index is -3.91. The first kappa shape index (κ1) is 36.3. The van der Waals surface area contributed by atoms with Gasteiger partial charge in [-0.05, 0) is 54.4 Å². The van der Waals surface area contributed by atoms with Crippen LogP contribution in [0.25, 0.3) is 11.0 Å². The summed E-state index contributed by atoms with van der Waals surface area (Å²) < 4.78 is 30.2. The number of carbonyl (C=O) groups is 1. The third-order valence-electron chi connectivity index (χ3n) is 8.19. The predicted octanol–water partition coefficient (Wildman–Crippen LogP) is 7.96. The van der Waals surface area contributed by atoms with E-state index in [4.69, 9.17) is 10.7 Å². The van der Waals surface area contributed by atoms with E-state index in [0.29, 0.717) is 34.4 Å². The number of amides is 1. The van der Waals surface area contributed by atoms with Crippen molar-refractivity contribution >= 4 is 44.1 Å². The number of nitrogens with zero attached hydrogens (tertiary/aromatic N) is 3. The number of anilines is 2. The molecule has 1 atom stereocenters. The van der Waals surface area contributed by atoms with Crippen molar-refractivity contribution in [1.82, 2.24) is 15.0 Å². The molecule has 258 valence electrons. The Hall–Kier alpha value is -4.53. The maximum atomic E-state index is 13.2. The molecule has 13 nitrogen and oxygen atoms in total. The summed E-state index contributed by atoms with van der Waals surface area (Å²) in [5.74, 6) is 5.62. The number of rotatable bonds is 20. The van der Waals surface area contributed by atoms with E-state index < -0.39 is 27.1 Å². The molecule has 5 N–H and O–H groups in total. The predicted molar refractivity (Wildman–Crippen MR) is 187 cm³/mol. The average Bonchev–Trinajstić information content (AvgIpc) is 3.52. The first-order valence-corrected chi connectivity index (χ1v) is 18.0. The molecule has 4 rings (SSSR count). The number of nitrogens with two attached hydrogens (primary N) is 1. The second-order valence-electron chi connectivity index (χ2n) is 11.8. The van der Waals surface area contributed by atoms with Crippen LogP contribution < -0.4 is 21.5 Å². The molecule has 4 aromatic rings. The van der Waals surface area contributed by atoms with Crippen molar-refractivity contribution in [3.8, 4) is 0 Å². The summed E-state index contributed by atoms with van der Waals surface area (Å²) in [7, 11) is -3.91. The van der Waals surface area contributed by atoms with Gasteiger partial charge in [0, 0.05) is 17.8 Å².